The monoisotopic (exact) mass is 261 g/mol. The number of esters is 1. The number of hydrogen-bond acceptors (Lipinski definition) is 4. The number of para-hydroxylation sites is 1. The molecule has 2 aromatic rings. The summed E-state index contributed by atoms with van der Waals surface area (Å²) in [7, 11) is 0. The van der Waals surface area contributed by atoms with Crippen LogP contribution in [0.4, 0.5) is 0 Å². The van der Waals surface area contributed by atoms with Gasteiger partial charge in [-0.2, -0.15) is 0 Å². The zero-order valence-electron chi connectivity index (χ0n) is 11.8. The third-order valence-corrected chi connectivity index (χ3v) is 2.86. The van der Waals surface area contributed by atoms with Gasteiger partial charge in [-0.15, -0.1) is 5.10 Å². The van der Waals surface area contributed by atoms with Crippen LogP contribution in [0.2, 0.25) is 0 Å². The first-order valence-electron chi connectivity index (χ1n) is 6.37. The molecule has 2 rings (SSSR count). The quantitative estimate of drug-likeness (QED) is 0.797. The second-order valence-electron chi connectivity index (χ2n) is 5.72. The second kappa shape index (κ2) is 4.99. The Morgan fingerprint density at radius 3 is 2.74 bits per heavy atom. The maximum atomic E-state index is 11.7. The van der Waals surface area contributed by atoms with Crippen LogP contribution in [0, 0.1) is 5.41 Å². The first-order chi connectivity index (χ1) is 8.89. The summed E-state index contributed by atoms with van der Waals surface area (Å²) in [5.41, 5.74) is 1.31. The van der Waals surface area contributed by atoms with E-state index < -0.39 is 5.41 Å². The molecule has 0 aliphatic carbocycles. The summed E-state index contributed by atoms with van der Waals surface area (Å²) in [5, 5.41) is 8.20. The predicted octanol–water partition coefficient (Wildman–Crippen LogP) is 2.58. The lowest BCUT2D eigenvalue weighted by Crippen LogP contribution is -2.26. The molecule has 1 atom stereocenters. The van der Waals surface area contributed by atoms with Crippen molar-refractivity contribution in [3.63, 3.8) is 0 Å². The summed E-state index contributed by atoms with van der Waals surface area (Å²) in [6.45, 7) is 7.76. The minimum absolute atomic E-state index is 0.0429. The first-order valence-corrected chi connectivity index (χ1v) is 6.37. The van der Waals surface area contributed by atoms with Gasteiger partial charge in [0.1, 0.15) is 12.1 Å². The molecule has 0 radical (unpaired) electrons. The van der Waals surface area contributed by atoms with Gasteiger partial charge < -0.3 is 4.74 Å². The van der Waals surface area contributed by atoms with Crippen molar-refractivity contribution in [2.24, 2.45) is 5.41 Å². The van der Waals surface area contributed by atoms with Crippen LogP contribution in [0.15, 0.2) is 24.3 Å². The van der Waals surface area contributed by atoms with Gasteiger partial charge in [-0.3, -0.25) is 4.79 Å². The van der Waals surface area contributed by atoms with Gasteiger partial charge in [-0.25, -0.2) is 4.68 Å². The van der Waals surface area contributed by atoms with E-state index in [9.17, 15) is 4.79 Å². The molecule has 5 heteroatoms. The van der Waals surface area contributed by atoms with Crippen LogP contribution < -0.4 is 0 Å². The van der Waals surface area contributed by atoms with E-state index in [0.29, 0.717) is 6.61 Å². The van der Waals surface area contributed by atoms with Crippen molar-refractivity contribution < 1.29 is 9.53 Å². The van der Waals surface area contributed by atoms with E-state index in [4.69, 9.17) is 4.74 Å². The van der Waals surface area contributed by atoms with Gasteiger partial charge >= 0.3 is 5.97 Å². The Bertz CT molecular complexity index is 584. The largest absolute Gasteiger partial charge is 0.463 e. The van der Waals surface area contributed by atoms with Crippen LogP contribution >= 0.6 is 0 Å². The minimum Gasteiger partial charge on any atom is -0.463 e. The molecular weight excluding hydrogens is 242 g/mol. The molecular formula is C14H19N3O2. The average molecular weight is 261 g/mol. The lowest BCUT2D eigenvalue weighted by molar-refractivity contribution is -0.154. The Morgan fingerprint density at radius 1 is 1.37 bits per heavy atom. The van der Waals surface area contributed by atoms with E-state index in [0.717, 1.165) is 11.0 Å². The molecule has 102 valence electrons. The highest BCUT2D eigenvalue weighted by Crippen LogP contribution is 2.18. The van der Waals surface area contributed by atoms with Crippen LogP contribution in [-0.2, 0) is 9.53 Å². The van der Waals surface area contributed by atoms with E-state index in [1.165, 1.54) is 0 Å². The van der Waals surface area contributed by atoms with Crippen LogP contribution in [0.25, 0.3) is 11.0 Å². The molecule has 0 unspecified atom stereocenters. The van der Waals surface area contributed by atoms with E-state index >= 15 is 0 Å². The number of nitrogens with zero attached hydrogens (tertiary/aromatic N) is 3. The molecule has 0 N–H and O–H groups in total. The highest BCUT2D eigenvalue weighted by molar-refractivity contribution is 5.75. The smallest absolute Gasteiger partial charge is 0.311 e. The average Bonchev–Trinajstić information content (AvgIpc) is 2.78. The maximum absolute atomic E-state index is 11.7. The number of carbonyl (C=O) groups is 1. The third kappa shape index (κ3) is 2.92. The zero-order chi connectivity index (χ0) is 14.0. The van der Waals surface area contributed by atoms with Crippen molar-refractivity contribution in [3.8, 4) is 0 Å². The Hall–Kier alpha value is -1.91. The molecule has 0 aliphatic rings. The molecule has 1 aromatic heterocycles. The summed E-state index contributed by atoms with van der Waals surface area (Å²) < 4.78 is 7.10. The highest BCUT2D eigenvalue weighted by atomic mass is 16.5. The van der Waals surface area contributed by atoms with Gasteiger partial charge in [0.2, 0.25) is 0 Å². The van der Waals surface area contributed by atoms with Crippen LogP contribution in [0.1, 0.15) is 33.7 Å². The summed E-state index contributed by atoms with van der Waals surface area (Å²) in [4.78, 5) is 11.7. The Morgan fingerprint density at radius 2 is 2.05 bits per heavy atom. The molecule has 0 bridgehead atoms. The summed E-state index contributed by atoms with van der Waals surface area (Å²) in [5.74, 6) is -0.205. The van der Waals surface area contributed by atoms with Crippen molar-refractivity contribution >= 4 is 17.0 Å². The first kappa shape index (κ1) is 13.5. The second-order valence-corrected chi connectivity index (χ2v) is 5.72. The van der Waals surface area contributed by atoms with E-state index in [1.807, 2.05) is 52.0 Å². The molecule has 1 aromatic carbocycles. The van der Waals surface area contributed by atoms with Crippen molar-refractivity contribution in [1.82, 2.24) is 15.0 Å². The SMILES string of the molecule is C[C@@H](COC(=O)C(C)(C)C)n1nnc2ccccc21. The molecule has 0 spiro atoms. The van der Waals surface area contributed by atoms with Crippen molar-refractivity contribution in [1.29, 1.82) is 0 Å². The molecule has 0 aliphatic heterocycles. The maximum Gasteiger partial charge on any atom is 0.311 e. The summed E-state index contributed by atoms with van der Waals surface area (Å²) in [6.07, 6.45) is 0. The van der Waals surface area contributed by atoms with Gasteiger partial charge in [0.25, 0.3) is 0 Å². The zero-order valence-corrected chi connectivity index (χ0v) is 11.8. The van der Waals surface area contributed by atoms with E-state index in [1.54, 1.807) is 4.68 Å². The van der Waals surface area contributed by atoms with E-state index in [2.05, 4.69) is 10.3 Å². The summed E-state index contributed by atoms with van der Waals surface area (Å²) >= 11 is 0. The van der Waals surface area contributed by atoms with Crippen LogP contribution in [-0.4, -0.2) is 27.6 Å². The van der Waals surface area contributed by atoms with Gasteiger partial charge in [-0.05, 0) is 39.8 Å². The van der Waals surface area contributed by atoms with Gasteiger partial charge in [0.15, 0.2) is 0 Å². The number of rotatable bonds is 3. The fourth-order valence-corrected chi connectivity index (χ4v) is 1.70. The lowest BCUT2D eigenvalue weighted by atomic mass is 9.97. The van der Waals surface area contributed by atoms with Gasteiger partial charge in [0.05, 0.1) is 17.0 Å². The van der Waals surface area contributed by atoms with Gasteiger partial charge in [0, 0.05) is 0 Å². The molecule has 1 heterocycles. The minimum atomic E-state index is -0.482. The number of ether oxygens (including phenoxy) is 1. The molecule has 0 saturated heterocycles. The third-order valence-electron chi connectivity index (χ3n) is 2.86. The number of hydrogen-bond donors (Lipinski definition) is 0. The van der Waals surface area contributed by atoms with Crippen molar-refractivity contribution in [2.75, 3.05) is 6.61 Å². The van der Waals surface area contributed by atoms with E-state index in [-0.39, 0.29) is 12.0 Å². The summed E-state index contributed by atoms with van der Waals surface area (Å²) in [6, 6.07) is 7.69. The number of benzene rings is 1. The fourth-order valence-electron chi connectivity index (χ4n) is 1.70. The van der Waals surface area contributed by atoms with Crippen molar-refractivity contribution in [3.05, 3.63) is 24.3 Å². The molecule has 0 amide bonds. The Labute approximate surface area is 112 Å². The number of aromatic nitrogens is 3. The Kier molecular flexibility index (Phi) is 3.55. The van der Waals surface area contributed by atoms with Crippen LogP contribution in [0.3, 0.4) is 0 Å². The topological polar surface area (TPSA) is 57.0 Å². The van der Waals surface area contributed by atoms with Crippen molar-refractivity contribution in [2.45, 2.75) is 33.7 Å². The predicted molar refractivity (Wildman–Crippen MR) is 72.7 cm³/mol. The normalized spacial score (nSPS) is 13.5. The standard InChI is InChI=1S/C14H19N3O2/c1-10(9-19-13(18)14(2,3)4)17-12-8-6-5-7-11(12)15-16-17/h5-8,10H,9H2,1-4H3/t10-/m0/s1. The fraction of sp³-hybridized carbons (Fsp3) is 0.500. The van der Waals surface area contributed by atoms with Crippen LogP contribution in [0.5, 0.6) is 0 Å². The highest BCUT2D eigenvalue weighted by Gasteiger charge is 2.24. The molecule has 19 heavy (non-hydrogen) atoms. The lowest BCUT2D eigenvalue weighted by Gasteiger charge is -2.19. The molecule has 5 nitrogen and oxygen atoms in total. The number of carbonyl (C=O) groups excluding carboxylic acids is 1. The van der Waals surface area contributed by atoms with Gasteiger partial charge in [-0.1, -0.05) is 17.3 Å². The molecule has 0 saturated carbocycles. The number of fused-ring (bicyclic) bond motifs is 1. The molecule has 0 fully saturated rings. The Balaban J connectivity index is 2.08.